The molecule has 27 heavy (non-hydrogen) atoms. The van der Waals surface area contributed by atoms with Crippen LogP contribution in [0, 0.1) is 0 Å². The Bertz CT molecular complexity index is 822. The first-order valence-electron chi connectivity index (χ1n) is 8.91. The lowest BCUT2D eigenvalue weighted by Crippen LogP contribution is -2.50. The van der Waals surface area contributed by atoms with E-state index in [1.807, 2.05) is 48.2 Å². The van der Waals surface area contributed by atoms with Gasteiger partial charge in [0.05, 0.1) is 19.7 Å². The van der Waals surface area contributed by atoms with Crippen molar-refractivity contribution in [3.8, 4) is 0 Å². The Hall–Kier alpha value is -2.37. The van der Waals surface area contributed by atoms with Crippen LogP contribution in [0.2, 0.25) is 5.02 Å². The molecule has 0 aromatic heterocycles. The molecular formula is C21H23ClN2O3. The molecule has 0 saturated carbocycles. The average Bonchev–Trinajstić information content (AvgIpc) is 2.67. The van der Waals surface area contributed by atoms with Crippen molar-refractivity contribution in [3.05, 3.63) is 70.2 Å². The number of nitrogens with zero attached hydrogens (tertiary/aromatic N) is 1. The summed E-state index contributed by atoms with van der Waals surface area (Å²) in [4.78, 5) is 26.7. The Balaban J connectivity index is 1.69. The number of carbonyl (C=O) groups excluding carboxylic acids is 2. The summed E-state index contributed by atoms with van der Waals surface area (Å²) >= 11 is 5.91. The summed E-state index contributed by atoms with van der Waals surface area (Å²) in [6.07, 6.45) is 0.545. The van der Waals surface area contributed by atoms with Crippen LogP contribution >= 0.6 is 11.6 Å². The minimum absolute atomic E-state index is 0.131. The minimum Gasteiger partial charge on any atom is -0.468 e. The summed E-state index contributed by atoms with van der Waals surface area (Å²) in [7, 11) is 1.38. The van der Waals surface area contributed by atoms with E-state index in [4.69, 9.17) is 16.3 Å². The molecule has 6 heteroatoms. The topological polar surface area (TPSA) is 58.6 Å². The van der Waals surface area contributed by atoms with Gasteiger partial charge in [-0.3, -0.25) is 14.5 Å². The third-order valence-corrected chi connectivity index (χ3v) is 5.17. The standard InChI is InChI=1S/C21H23ClN2O3/c1-14(15-7-9-18(22)10-8-15)23-20(25)13-24-12-17-6-4-3-5-16(17)11-19(24)21(26)27-2/h3-10,14,19H,11-13H2,1-2H3,(H,23,25)/t14-,19+/m0/s1. The summed E-state index contributed by atoms with van der Waals surface area (Å²) in [5, 5.41) is 3.65. The summed E-state index contributed by atoms with van der Waals surface area (Å²) < 4.78 is 4.95. The molecule has 0 unspecified atom stereocenters. The van der Waals surface area contributed by atoms with E-state index in [9.17, 15) is 9.59 Å². The van der Waals surface area contributed by atoms with Gasteiger partial charge in [-0.15, -0.1) is 0 Å². The predicted molar refractivity (Wildman–Crippen MR) is 104 cm³/mol. The Morgan fingerprint density at radius 3 is 2.52 bits per heavy atom. The first-order chi connectivity index (χ1) is 13.0. The van der Waals surface area contributed by atoms with Crippen molar-refractivity contribution < 1.29 is 14.3 Å². The van der Waals surface area contributed by atoms with Gasteiger partial charge in [0.25, 0.3) is 0 Å². The van der Waals surface area contributed by atoms with Crippen molar-refractivity contribution in [3.63, 3.8) is 0 Å². The van der Waals surface area contributed by atoms with Crippen molar-refractivity contribution in [2.24, 2.45) is 0 Å². The molecular weight excluding hydrogens is 364 g/mol. The van der Waals surface area contributed by atoms with Crippen LogP contribution in [-0.2, 0) is 27.3 Å². The van der Waals surface area contributed by atoms with E-state index in [1.54, 1.807) is 12.1 Å². The maximum absolute atomic E-state index is 12.6. The van der Waals surface area contributed by atoms with Crippen LogP contribution in [-0.4, -0.2) is 36.5 Å². The summed E-state index contributed by atoms with van der Waals surface area (Å²) in [5.41, 5.74) is 3.23. The zero-order valence-corrected chi connectivity index (χ0v) is 16.2. The van der Waals surface area contributed by atoms with E-state index in [2.05, 4.69) is 5.32 Å². The quantitative estimate of drug-likeness (QED) is 0.802. The fourth-order valence-corrected chi connectivity index (χ4v) is 3.54. The van der Waals surface area contributed by atoms with Crippen LogP contribution in [0.25, 0.3) is 0 Å². The van der Waals surface area contributed by atoms with Crippen LogP contribution in [0.3, 0.4) is 0 Å². The van der Waals surface area contributed by atoms with Gasteiger partial charge < -0.3 is 10.1 Å². The second-order valence-corrected chi connectivity index (χ2v) is 7.19. The third kappa shape index (κ3) is 4.67. The van der Waals surface area contributed by atoms with E-state index in [0.717, 1.165) is 16.7 Å². The smallest absolute Gasteiger partial charge is 0.323 e. The molecule has 1 heterocycles. The molecule has 142 valence electrons. The fourth-order valence-electron chi connectivity index (χ4n) is 3.42. The molecule has 5 nitrogen and oxygen atoms in total. The normalized spacial score (nSPS) is 17.7. The van der Waals surface area contributed by atoms with Crippen LogP contribution < -0.4 is 5.32 Å². The van der Waals surface area contributed by atoms with Crippen LogP contribution in [0.4, 0.5) is 0 Å². The van der Waals surface area contributed by atoms with Gasteiger partial charge in [0.15, 0.2) is 0 Å². The molecule has 1 amide bonds. The van der Waals surface area contributed by atoms with Gasteiger partial charge in [-0.1, -0.05) is 48.0 Å². The summed E-state index contributed by atoms with van der Waals surface area (Å²) in [5.74, 6) is -0.450. The van der Waals surface area contributed by atoms with Crippen molar-refractivity contribution >= 4 is 23.5 Å². The molecule has 0 bridgehead atoms. The number of methoxy groups -OCH3 is 1. The Morgan fingerprint density at radius 1 is 1.19 bits per heavy atom. The monoisotopic (exact) mass is 386 g/mol. The zero-order chi connectivity index (χ0) is 19.4. The molecule has 0 spiro atoms. The molecule has 0 fully saturated rings. The largest absolute Gasteiger partial charge is 0.468 e. The van der Waals surface area contributed by atoms with Crippen molar-refractivity contribution in [2.75, 3.05) is 13.7 Å². The van der Waals surface area contributed by atoms with Gasteiger partial charge in [-0.05, 0) is 42.2 Å². The predicted octanol–water partition coefficient (Wildman–Crippen LogP) is 3.12. The number of ether oxygens (including phenoxy) is 1. The highest BCUT2D eigenvalue weighted by Gasteiger charge is 2.33. The molecule has 2 aromatic rings. The number of halogens is 1. The molecule has 0 saturated heterocycles. The van der Waals surface area contributed by atoms with Gasteiger partial charge in [-0.2, -0.15) is 0 Å². The molecule has 1 aliphatic heterocycles. The summed E-state index contributed by atoms with van der Waals surface area (Å²) in [6, 6.07) is 14.8. The maximum Gasteiger partial charge on any atom is 0.323 e. The Labute approximate surface area is 164 Å². The number of nitrogens with one attached hydrogen (secondary N) is 1. The lowest BCUT2D eigenvalue weighted by atomic mass is 9.94. The van der Waals surface area contributed by atoms with E-state index in [-0.39, 0.29) is 24.5 Å². The molecule has 1 N–H and O–H groups in total. The number of fused-ring (bicyclic) bond motifs is 1. The first kappa shape index (κ1) is 19.4. The Morgan fingerprint density at radius 2 is 1.85 bits per heavy atom. The molecule has 1 aliphatic rings. The molecule has 0 aliphatic carbocycles. The van der Waals surface area contributed by atoms with Crippen LogP contribution in [0.5, 0.6) is 0 Å². The fraction of sp³-hybridized carbons (Fsp3) is 0.333. The number of amides is 1. The van der Waals surface area contributed by atoms with Gasteiger partial charge in [0.2, 0.25) is 5.91 Å². The minimum atomic E-state index is -0.457. The van der Waals surface area contributed by atoms with Gasteiger partial charge in [-0.25, -0.2) is 0 Å². The highest BCUT2D eigenvalue weighted by molar-refractivity contribution is 6.30. The highest BCUT2D eigenvalue weighted by atomic mass is 35.5. The SMILES string of the molecule is COC(=O)[C@H]1Cc2ccccc2CN1CC(=O)N[C@@H](C)c1ccc(Cl)cc1. The highest BCUT2D eigenvalue weighted by Crippen LogP contribution is 2.24. The van der Waals surface area contributed by atoms with Crippen LogP contribution in [0.1, 0.15) is 29.7 Å². The lowest BCUT2D eigenvalue weighted by molar-refractivity contribution is -0.148. The lowest BCUT2D eigenvalue weighted by Gasteiger charge is -2.34. The van der Waals surface area contributed by atoms with E-state index in [1.165, 1.54) is 7.11 Å². The Kier molecular flexibility index (Phi) is 6.14. The number of carbonyl (C=O) groups is 2. The van der Waals surface area contributed by atoms with Crippen molar-refractivity contribution in [1.82, 2.24) is 10.2 Å². The van der Waals surface area contributed by atoms with Crippen molar-refractivity contribution in [1.29, 1.82) is 0 Å². The second kappa shape index (κ2) is 8.55. The molecule has 2 aromatic carbocycles. The number of hydrogen-bond acceptors (Lipinski definition) is 4. The first-order valence-corrected chi connectivity index (χ1v) is 9.29. The third-order valence-electron chi connectivity index (χ3n) is 4.91. The zero-order valence-electron chi connectivity index (χ0n) is 15.4. The number of rotatable bonds is 5. The molecule has 2 atom stereocenters. The summed E-state index contributed by atoms with van der Waals surface area (Å²) in [6.45, 7) is 2.59. The van der Waals surface area contributed by atoms with E-state index in [0.29, 0.717) is 18.0 Å². The number of hydrogen-bond donors (Lipinski definition) is 1. The van der Waals surface area contributed by atoms with Gasteiger partial charge >= 0.3 is 5.97 Å². The van der Waals surface area contributed by atoms with Crippen LogP contribution in [0.15, 0.2) is 48.5 Å². The van der Waals surface area contributed by atoms with E-state index >= 15 is 0 Å². The average molecular weight is 387 g/mol. The van der Waals surface area contributed by atoms with Gasteiger partial charge in [0.1, 0.15) is 6.04 Å². The number of benzene rings is 2. The number of esters is 1. The molecule has 3 rings (SSSR count). The van der Waals surface area contributed by atoms with Gasteiger partial charge in [0, 0.05) is 11.6 Å². The molecule has 0 radical (unpaired) electrons. The maximum atomic E-state index is 12.6. The van der Waals surface area contributed by atoms with Crippen molar-refractivity contribution in [2.45, 2.75) is 32.0 Å². The second-order valence-electron chi connectivity index (χ2n) is 6.76. The van der Waals surface area contributed by atoms with E-state index < -0.39 is 6.04 Å².